The lowest BCUT2D eigenvalue weighted by molar-refractivity contribution is 0.564. The van der Waals surface area contributed by atoms with Crippen molar-refractivity contribution in [1.29, 1.82) is 0 Å². The molecule has 0 bridgehead atoms. The summed E-state index contributed by atoms with van der Waals surface area (Å²) in [7, 11) is -1.12. The third-order valence-corrected chi connectivity index (χ3v) is 9.98. The molecule has 0 amide bonds. The maximum Gasteiger partial charge on any atom is 0.144 e. The van der Waals surface area contributed by atoms with Gasteiger partial charge in [-0.15, -0.1) is 0 Å². The summed E-state index contributed by atoms with van der Waals surface area (Å²) in [5.41, 5.74) is 2.34. The molecule has 0 aromatic heterocycles. The van der Waals surface area contributed by atoms with Gasteiger partial charge in [0.25, 0.3) is 0 Å². The van der Waals surface area contributed by atoms with E-state index < -0.39 is 8.11 Å². The zero-order valence-electron chi connectivity index (χ0n) is 14.6. The molecule has 2 unspecified atom stereocenters. The highest BCUT2D eigenvalue weighted by atomic mass is 35.6. The lowest BCUT2D eigenvalue weighted by Crippen LogP contribution is -2.16. The summed E-state index contributed by atoms with van der Waals surface area (Å²) < 4.78 is 0. The first-order valence-corrected chi connectivity index (χ1v) is 13.2. The highest BCUT2D eigenvalue weighted by molar-refractivity contribution is 7.07. The van der Waals surface area contributed by atoms with Crippen LogP contribution in [-0.4, -0.2) is 8.11 Å². The average Bonchev–Trinajstić information content (AvgIpc) is 3.09. The molecule has 0 aliphatic heterocycles. The predicted molar refractivity (Wildman–Crippen MR) is 108 cm³/mol. The van der Waals surface area contributed by atoms with E-state index in [1.165, 1.54) is 75.8 Å². The molecule has 1 aliphatic carbocycles. The summed E-state index contributed by atoms with van der Waals surface area (Å²) in [4.78, 5) is 0. The van der Waals surface area contributed by atoms with Gasteiger partial charge < -0.3 is 0 Å². The Bertz CT molecular complexity index is 426. The number of hydrogen-bond donors (Lipinski definition) is 0. The fourth-order valence-electron chi connectivity index (χ4n) is 3.93. The Morgan fingerprint density at radius 3 is 2.35 bits per heavy atom. The van der Waals surface area contributed by atoms with E-state index in [4.69, 9.17) is 22.7 Å². The van der Waals surface area contributed by atoms with Crippen molar-refractivity contribution in [2.24, 2.45) is 0 Å². The molecule has 23 heavy (non-hydrogen) atoms. The van der Waals surface area contributed by atoms with Crippen molar-refractivity contribution in [3.8, 4) is 0 Å². The fourth-order valence-corrected chi connectivity index (χ4v) is 8.09. The standard InChI is InChI=1S/C20H32Cl2Si/c1-2-3-4-5-6-9-18(17-12-14-19(21)15-13-17)16-23(22)20-10-7-8-11-20/h12-15,18,20,23H,2-11,16H2,1H3. The third kappa shape index (κ3) is 6.80. The van der Waals surface area contributed by atoms with E-state index in [9.17, 15) is 0 Å². The topological polar surface area (TPSA) is 0 Å². The smallest absolute Gasteiger partial charge is 0.144 e. The Morgan fingerprint density at radius 2 is 1.70 bits per heavy atom. The van der Waals surface area contributed by atoms with Crippen LogP contribution in [0, 0.1) is 0 Å². The van der Waals surface area contributed by atoms with Gasteiger partial charge in [-0.3, -0.25) is 0 Å². The molecule has 1 saturated carbocycles. The van der Waals surface area contributed by atoms with E-state index in [0.717, 1.165) is 10.6 Å². The second kappa shape index (κ2) is 10.8. The van der Waals surface area contributed by atoms with Gasteiger partial charge in [0.15, 0.2) is 0 Å². The molecule has 2 rings (SSSR count). The van der Waals surface area contributed by atoms with Gasteiger partial charge in [0, 0.05) is 5.02 Å². The Labute approximate surface area is 154 Å². The van der Waals surface area contributed by atoms with Gasteiger partial charge in [-0.1, -0.05) is 88.4 Å². The molecular weight excluding hydrogens is 339 g/mol. The summed E-state index contributed by atoms with van der Waals surface area (Å²) in [6, 6.07) is 9.81. The van der Waals surface area contributed by atoms with Gasteiger partial charge in [0.1, 0.15) is 8.11 Å². The minimum absolute atomic E-state index is 0.656. The van der Waals surface area contributed by atoms with E-state index in [0.29, 0.717) is 5.92 Å². The molecular formula is C20H32Cl2Si. The maximum atomic E-state index is 6.94. The van der Waals surface area contributed by atoms with Crippen LogP contribution in [0.25, 0.3) is 0 Å². The van der Waals surface area contributed by atoms with Gasteiger partial charge in [0.05, 0.1) is 0 Å². The van der Waals surface area contributed by atoms with Gasteiger partial charge in [-0.25, -0.2) is 0 Å². The molecule has 0 nitrogen and oxygen atoms in total. The Morgan fingerprint density at radius 1 is 1.04 bits per heavy atom. The lowest BCUT2D eigenvalue weighted by Gasteiger charge is -2.23. The van der Waals surface area contributed by atoms with Crippen LogP contribution in [-0.2, 0) is 0 Å². The summed E-state index contributed by atoms with van der Waals surface area (Å²) in [6.07, 6.45) is 13.7. The van der Waals surface area contributed by atoms with Crippen molar-refractivity contribution in [3.05, 3.63) is 34.9 Å². The molecule has 1 aromatic rings. The quantitative estimate of drug-likeness (QED) is 0.225. The van der Waals surface area contributed by atoms with Crippen LogP contribution in [0.4, 0.5) is 0 Å². The van der Waals surface area contributed by atoms with Crippen molar-refractivity contribution in [2.75, 3.05) is 0 Å². The number of benzene rings is 1. The zero-order valence-corrected chi connectivity index (χ0v) is 17.2. The van der Waals surface area contributed by atoms with E-state index in [1.54, 1.807) is 0 Å². The Balaban J connectivity index is 1.91. The van der Waals surface area contributed by atoms with Crippen LogP contribution in [0.3, 0.4) is 0 Å². The number of halogens is 2. The first kappa shape index (κ1) is 19.3. The Kier molecular flexibility index (Phi) is 9.08. The number of hydrogen-bond acceptors (Lipinski definition) is 0. The molecule has 0 heterocycles. The molecule has 0 N–H and O–H groups in total. The van der Waals surface area contributed by atoms with Crippen LogP contribution in [0.15, 0.2) is 24.3 Å². The van der Waals surface area contributed by atoms with E-state index in [-0.39, 0.29) is 0 Å². The highest BCUT2D eigenvalue weighted by Crippen LogP contribution is 2.39. The Hall–Kier alpha value is 0.0169. The first-order valence-electron chi connectivity index (χ1n) is 9.60. The van der Waals surface area contributed by atoms with Gasteiger partial charge in [-0.2, -0.15) is 11.1 Å². The van der Waals surface area contributed by atoms with Gasteiger partial charge in [-0.05, 0) is 41.6 Å². The van der Waals surface area contributed by atoms with Crippen molar-refractivity contribution in [1.82, 2.24) is 0 Å². The van der Waals surface area contributed by atoms with Crippen LogP contribution >= 0.6 is 22.7 Å². The predicted octanol–water partition coefficient (Wildman–Crippen LogP) is 7.69. The third-order valence-electron chi connectivity index (χ3n) is 5.42. The van der Waals surface area contributed by atoms with Crippen molar-refractivity contribution >= 4 is 30.8 Å². The highest BCUT2D eigenvalue weighted by Gasteiger charge is 2.27. The van der Waals surface area contributed by atoms with Gasteiger partial charge >= 0.3 is 0 Å². The minimum atomic E-state index is -1.12. The largest absolute Gasteiger partial charge is 0.171 e. The van der Waals surface area contributed by atoms with Crippen LogP contribution < -0.4 is 0 Å². The SMILES string of the molecule is CCCCCCCC(C[SiH](Cl)C1CCCC1)c1ccc(Cl)cc1. The summed E-state index contributed by atoms with van der Waals surface area (Å²) >= 11 is 13.0. The summed E-state index contributed by atoms with van der Waals surface area (Å²) in [5.74, 6) is 0.656. The van der Waals surface area contributed by atoms with E-state index in [1.807, 2.05) is 12.1 Å². The second-order valence-corrected chi connectivity index (χ2v) is 11.8. The van der Waals surface area contributed by atoms with Crippen molar-refractivity contribution in [3.63, 3.8) is 0 Å². The molecule has 0 spiro atoms. The minimum Gasteiger partial charge on any atom is -0.171 e. The molecule has 0 radical (unpaired) electrons. The maximum absolute atomic E-state index is 6.94. The first-order chi connectivity index (χ1) is 11.2. The number of unbranched alkanes of at least 4 members (excludes halogenated alkanes) is 4. The van der Waals surface area contributed by atoms with E-state index >= 15 is 0 Å². The summed E-state index contributed by atoms with van der Waals surface area (Å²) in [5, 5.41) is 0.839. The molecule has 2 atom stereocenters. The van der Waals surface area contributed by atoms with Crippen molar-refractivity contribution in [2.45, 2.75) is 88.6 Å². The summed E-state index contributed by atoms with van der Waals surface area (Å²) in [6.45, 7) is 2.28. The van der Waals surface area contributed by atoms with E-state index in [2.05, 4.69) is 19.1 Å². The molecule has 3 heteroatoms. The molecule has 1 aliphatic rings. The molecule has 1 aromatic carbocycles. The van der Waals surface area contributed by atoms with Crippen LogP contribution in [0.1, 0.15) is 82.6 Å². The zero-order chi connectivity index (χ0) is 16.5. The normalized spacial score (nSPS) is 18.2. The second-order valence-electron chi connectivity index (χ2n) is 7.25. The molecule has 130 valence electrons. The van der Waals surface area contributed by atoms with Crippen molar-refractivity contribution < 1.29 is 0 Å². The van der Waals surface area contributed by atoms with Crippen LogP contribution in [0.2, 0.25) is 16.6 Å². The average molecular weight is 371 g/mol. The molecule has 1 fully saturated rings. The number of rotatable bonds is 10. The monoisotopic (exact) mass is 370 g/mol. The lowest BCUT2D eigenvalue weighted by atomic mass is 9.94. The molecule has 0 saturated heterocycles. The van der Waals surface area contributed by atoms with Crippen LogP contribution in [0.5, 0.6) is 0 Å². The van der Waals surface area contributed by atoms with Gasteiger partial charge in [0.2, 0.25) is 0 Å². The fraction of sp³-hybridized carbons (Fsp3) is 0.700.